The molecule has 0 spiro atoms. The number of carboxylic acids is 1. The molecule has 4 nitrogen and oxygen atoms in total. The van der Waals surface area contributed by atoms with Crippen molar-refractivity contribution in [2.75, 3.05) is 7.11 Å². The zero-order valence-electron chi connectivity index (χ0n) is 15.5. The molecule has 0 saturated carbocycles. The lowest BCUT2D eigenvalue weighted by Gasteiger charge is -2.14. The number of fused-ring (bicyclic) bond motifs is 1. The first-order valence-corrected chi connectivity index (χ1v) is 8.77. The molecule has 0 saturated heterocycles. The third-order valence-electron chi connectivity index (χ3n) is 4.88. The normalized spacial score (nSPS) is 12.2. The van der Waals surface area contributed by atoms with Gasteiger partial charge < -0.3 is 9.84 Å². The van der Waals surface area contributed by atoms with E-state index in [0.717, 1.165) is 23.1 Å². The summed E-state index contributed by atoms with van der Waals surface area (Å²) in [6, 6.07) is 13.3. The summed E-state index contributed by atoms with van der Waals surface area (Å²) >= 11 is 0. The maximum absolute atomic E-state index is 11.9. The van der Waals surface area contributed by atoms with Crippen molar-refractivity contribution in [1.82, 2.24) is 4.98 Å². The summed E-state index contributed by atoms with van der Waals surface area (Å²) in [6.07, 6.45) is 1.000. The van der Waals surface area contributed by atoms with Gasteiger partial charge in [-0.3, -0.25) is 0 Å². The van der Waals surface area contributed by atoms with Crippen molar-refractivity contribution in [3.05, 3.63) is 59.2 Å². The molecule has 1 unspecified atom stereocenters. The van der Waals surface area contributed by atoms with Crippen LogP contribution in [0.1, 0.15) is 47.7 Å². The number of aromatic nitrogens is 1. The number of methoxy groups -OCH3 is 1. The molecule has 0 aliphatic rings. The van der Waals surface area contributed by atoms with Gasteiger partial charge in [-0.05, 0) is 55.2 Å². The average molecular weight is 349 g/mol. The Kier molecular flexibility index (Phi) is 4.94. The van der Waals surface area contributed by atoms with Gasteiger partial charge in [-0.15, -0.1) is 0 Å². The minimum Gasteiger partial charge on any atom is -0.496 e. The molecule has 2 aromatic carbocycles. The molecule has 0 aliphatic carbocycles. The van der Waals surface area contributed by atoms with Crippen LogP contribution in [-0.2, 0) is 0 Å². The number of carboxylic acid groups (broad SMARTS) is 1. The number of ether oxygens (including phenoxy) is 1. The molecule has 1 atom stereocenters. The van der Waals surface area contributed by atoms with Crippen LogP contribution in [0.15, 0.2) is 42.5 Å². The summed E-state index contributed by atoms with van der Waals surface area (Å²) in [5.41, 5.74) is 4.53. The highest BCUT2D eigenvalue weighted by atomic mass is 16.5. The molecular weight excluding hydrogens is 326 g/mol. The first kappa shape index (κ1) is 17.9. The lowest BCUT2D eigenvalue weighted by molar-refractivity contribution is 0.0699. The van der Waals surface area contributed by atoms with Crippen LogP contribution in [0.5, 0.6) is 5.75 Å². The van der Waals surface area contributed by atoms with Crippen LogP contribution < -0.4 is 4.74 Å². The SMILES string of the molecule is CCC(C)c1ccc2nc(-c3cc(C)ccc3OC)cc(C(=O)O)c2c1. The number of rotatable bonds is 5. The van der Waals surface area contributed by atoms with E-state index in [1.807, 2.05) is 43.3 Å². The molecule has 0 amide bonds. The highest BCUT2D eigenvalue weighted by Gasteiger charge is 2.16. The second-order valence-electron chi connectivity index (χ2n) is 6.65. The maximum Gasteiger partial charge on any atom is 0.336 e. The predicted octanol–water partition coefficient (Wildman–Crippen LogP) is 5.43. The van der Waals surface area contributed by atoms with Gasteiger partial charge in [0.05, 0.1) is 23.9 Å². The third kappa shape index (κ3) is 3.27. The molecule has 0 bridgehead atoms. The lowest BCUT2D eigenvalue weighted by Crippen LogP contribution is -2.02. The quantitative estimate of drug-likeness (QED) is 0.667. The molecule has 0 fully saturated rings. The summed E-state index contributed by atoms with van der Waals surface area (Å²) in [5, 5.41) is 10.4. The number of benzene rings is 2. The first-order valence-electron chi connectivity index (χ1n) is 8.77. The van der Waals surface area contributed by atoms with Crippen molar-refractivity contribution in [2.24, 2.45) is 0 Å². The Bertz CT molecular complexity index is 979. The van der Waals surface area contributed by atoms with Crippen molar-refractivity contribution in [3.8, 4) is 17.0 Å². The smallest absolute Gasteiger partial charge is 0.336 e. The number of nitrogens with zero attached hydrogens (tertiary/aromatic N) is 1. The molecule has 1 aromatic heterocycles. The van der Waals surface area contributed by atoms with E-state index in [2.05, 4.69) is 13.8 Å². The fourth-order valence-corrected chi connectivity index (χ4v) is 3.12. The average Bonchev–Trinajstić information content (AvgIpc) is 2.65. The maximum atomic E-state index is 11.9. The van der Waals surface area contributed by atoms with Crippen LogP contribution in [0.2, 0.25) is 0 Å². The molecule has 1 N–H and O–H groups in total. The van der Waals surface area contributed by atoms with E-state index in [1.54, 1.807) is 13.2 Å². The number of aryl methyl sites for hydroxylation is 1. The zero-order chi connectivity index (χ0) is 18.8. The molecular formula is C22H23NO3. The highest BCUT2D eigenvalue weighted by Crippen LogP contribution is 2.33. The Balaban J connectivity index is 2.27. The second-order valence-corrected chi connectivity index (χ2v) is 6.65. The zero-order valence-corrected chi connectivity index (χ0v) is 15.5. The number of carbonyl (C=O) groups is 1. The van der Waals surface area contributed by atoms with E-state index in [-0.39, 0.29) is 5.56 Å². The van der Waals surface area contributed by atoms with Gasteiger partial charge in [-0.25, -0.2) is 9.78 Å². The predicted molar refractivity (Wildman–Crippen MR) is 104 cm³/mol. The van der Waals surface area contributed by atoms with Gasteiger partial charge in [0.25, 0.3) is 0 Å². The molecule has 3 aromatic rings. The van der Waals surface area contributed by atoms with Crippen LogP contribution >= 0.6 is 0 Å². The molecule has 26 heavy (non-hydrogen) atoms. The summed E-state index contributed by atoms with van der Waals surface area (Å²) in [7, 11) is 1.60. The lowest BCUT2D eigenvalue weighted by atomic mass is 9.95. The van der Waals surface area contributed by atoms with Gasteiger partial charge in [-0.1, -0.05) is 31.5 Å². The molecule has 0 aliphatic heterocycles. The molecule has 0 radical (unpaired) electrons. The fraction of sp³-hybridized carbons (Fsp3) is 0.273. The van der Waals surface area contributed by atoms with Crippen molar-refractivity contribution in [2.45, 2.75) is 33.1 Å². The van der Waals surface area contributed by atoms with Gasteiger partial charge in [-0.2, -0.15) is 0 Å². The Morgan fingerprint density at radius 1 is 1.19 bits per heavy atom. The summed E-state index contributed by atoms with van der Waals surface area (Å²) in [5.74, 6) is 0.0965. The van der Waals surface area contributed by atoms with Crippen molar-refractivity contribution in [3.63, 3.8) is 0 Å². The van der Waals surface area contributed by atoms with E-state index < -0.39 is 5.97 Å². The minimum atomic E-state index is -0.952. The molecule has 134 valence electrons. The number of pyridine rings is 1. The number of aromatic carboxylic acids is 1. The van der Waals surface area contributed by atoms with E-state index in [1.165, 1.54) is 0 Å². The first-order chi connectivity index (χ1) is 12.4. The Morgan fingerprint density at radius 3 is 2.62 bits per heavy atom. The Morgan fingerprint density at radius 2 is 1.96 bits per heavy atom. The standard InChI is InChI=1S/C22H23NO3/c1-5-14(3)15-7-8-19-16(11-15)17(22(24)25)12-20(23-19)18-10-13(2)6-9-21(18)26-4/h6-12,14H,5H2,1-4H3,(H,24,25). The van der Waals surface area contributed by atoms with Gasteiger partial charge in [0.2, 0.25) is 0 Å². The van der Waals surface area contributed by atoms with Gasteiger partial charge in [0.1, 0.15) is 5.75 Å². The molecule has 4 heteroatoms. The van der Waals surface area contributed by atoms with Crippen molar-refractivity contribution >= 4 is 16.9 Å². The highest BCUT2D eigenvalue weighted by molar-refractivity contribution is 6.04. The van der Waals surface area contributed by atoms with E-state index in [4.69, 9.17) is 9.72 Å². The fourth-order valence-electron chi connectivity index (χ4n) is 3.12. The monoisotopic (exact) mass is 349 g/mol. The van der Waals surface area contributed by atoms with E-state index >= 15 is 0 Å². The second kappa shape index (κ2) is 7.16. The van der Waals surface area contributed by atoms with Crippen molar-refractivity contribution in [1.29, 1.82) is 0 Å². The number of hydrogen-bond acceptors (Lipinski definition) is 3. The minimum absolute atomic E-state index is 0.263. The Hall–Kier alpha value is -2.88. The number of hydrogen-bond donors (Lipinski definition) is 1. The van der Waals surface area contributed by atoms with Crippen LogP contribution in [0.3, 0.4) is 0 Å². The van der Waals surface area contributed by atoms with Gasteiger partial charge in [0, 0.05) is 10.9 Å². The summed E-state index contributed by atoms with van der Waals surface area (Å²) in [4.78, 5) is 16.6. The summed E-state index contributed by atoms with van der Waals surface area (Å²) < 4.78 is 5.44. The van der Waals surface area contributed by atoms with E-state index in [9.17, 15) is 9.90 Å². The van der Waals surface area contributed by atoms with E-state index in [0.29, 0.717) is 28.3 Å². The molecule has 1 heterocycles. The van der Waals surface area contributed by atoms with Crippen molar-refractivity contribution < 1.29 is 14.6 Å². The van der Waals surface area contributed by atoms with Gasteiger partial charge >= 0.3 is 5.97 Å². The van der Waals surface area contributed by atoms with Crippen LogP contribution in [0, 0.1) is 6.92 Å². The van der Waals surface area contributed by atoms with Gasteiger partial charge in [0.15, 0.2) is 0 Å². The van der Waals surface area contributed by atoms with Crippen LogP contribution in [-0.4, -0.2) is 23.2 Å². The summed E-state index contributed by atoms with van der Waals surface area (Å²) in [6.45, 7) is 6.25. The Labute approximate surface area is 153 Å². The largest absolute Gasteiger partial charge is 0.496 e. The third-order valence-corrected chi connectivity index (χ3v) is 4.88. The molecule has 3 rings (SSSR count). The van der Waals surface area contributed by atoms with Crippen LogP contribution in [0.25, 0.3) is 22.2 Å². The topological polar surface area (TPSA) is 59.4 Å². The van der Waals surface area contributed by atoms with Crippen LogP contribution in [0.4, 0.5) is 0 Å².